The molecule has 24 heavy (non-hydrogen) atoms. The van der Waals surface area contributed by atoms with Gasteiger partial charge in [-0.1, -0.05) is 6.07 Å². The van der Waals surface area contributed by atoms with Gasteiger partial charge in [-0.2, -0.15) is 8.42 Å². The molecule has 0 amide bonds. The molecule has 2 rings (SSSR count). The maximum Gasteiger partial charge on any atom is 0.264 e. The quantitative estimate of drug-likeness (QED) is 0.510. The molecular weight excluding hydrogens is 332 g/mol. The van der Waals surface area contributed by atoms with Crippen molar-refractivity contribution in [2.45, 2.75) is 6.42 Å². The van der Waals surface area contributed by atoms with Crippen molar-refractivity contribution in [1.29, 1.82) is 0 Å². The van der Waals surface area contributed by atoms with Crippen LogP contribution in [0.25, 0.3) is 0 Å². The molecule has 0 N–H and O–H groups in total. The molecule has 0 atom stereocenters. The summed E-state index contributed by atoms with van der Waals surface area (Å²) >= 11 is 0. The summed E-state index contributed by atoms with van der Waals surface area (Å²) in [4.78, 5) is 0. The normalized spacial score (nSPS) is 11.1. The number of methoxy groups -OCH3 is 1. The Hall–Kier alpha value is -2.25. The second-order valence-electron chi connectivity index (χ2n) is 4.98. The summed E-state index contributed by atoms with van der Waals surface area (Å²) in [5.41, 5.74) is 0. The first kappa shape index (κ1) is 18.1. The van der Waals surface area contributed by atoms with Gasteiger partial charge in [0.25, 0.3) is 10.1 Å². The van der Waals surface area contributed by atoms with Crippen LogP contribution in [0.3, 0.4) is 0 Å². The smallest absolute Gasteiger partial charge is 0.264 e. The van der Waals surface area contributed by atoms with Gasteiger partial charge in [-0.3, -0.25) is 4.18 Å². The third-order valence-corrected chi connectivity index (χ3v) is 3.55. The maximum absolute atomic E-state index is 10.8. The molecule has 0 spiro atoms. The first-order valence-electron chi connectivity index (χ1n) is 7.35. The lowest BCUT2D eigenvalue weighted by molar-refractivity contribution is 0.251. The van der Waals surface area contributed by atoms with Crippen LogP contribution in [0.15, 0.2) is 48.5 Å². The molecule has 2 aromatic carbocycles. The van der Waals surface area contributed by atoms with E-state index in [4.69, 9.17) is 14.2 Å². The van der Waals surface area contributed by atoms with Gasteiger partial charge in [0.1, 0.15) is 23.0 Å². The largest absolute Gasteiger partial charge is 0.497 e. The fraction of sp³-hybridized carbons (Fsp3) is 0.294. The van der Waals surface area contributed by atoms with Crippen molar-refractivity contribution < 1.29 is 26.8 Å². The van der Waals surface area contributed by atoms with E-state index in [0.29, 0.717) is 30.3 Å². The predicted molar refractivity (Wildman–Crippen MR) is 90.4 cm³/mol. The van der Waals surface area contributed by atoms with Crippen molar-refractivity contribution in [2.24, 2.45) is 0 Å². The van der Waals surface area contributed by atoms with E-state index in [1.165, 1.54) is 0 Å². The van der Waals surface area contributed by atoms with Gasteiger partial charge in [0.2, 0.25) is 0 Å². The summed E-state index contributed by atoms with van der Waals surface area (Å²) in [6.45, 7) is 0.447. The van der Waals surface area contributed by atoms with Gasteiger partial charge < -0.3 is 14.2 Å². The summed E-state index contributed by atoms with van der Waals surface area (Å²) in [5, 5.41) is 0. The van der Waals surface area contributed by atoms with Crippen molar-refractivity contribution in [2.75, 3.05) is 26.6 Å². The Balaban J connectivity index is 1.84. The fourth-order valence-corrected chi connectivity index (χ4v) is 2.29. The van der Waals surface area contributed by atoms with Crippen LogP contribution in [-0.4, -0.2) is 35.0 Å². The zero-order valence-electron chi connectivity index (χ0n) is 13.6. The molecule has 0 aromatic heterocycles. The van der Waals surface area contributed by atoms with Gasteiger partial charge >= 0.3 is 0 Å². The standard InChI is InChI=1S/C17H20O6S/c1-20-14-7-9-15(10-8-14)23-17-6-3-5-16(13-17)21-11-4-12-22-24(2,18)19/h3,5-10,13H,4,11-12H2,1-2H3. The third-order valence-electron chi connectivity index (χ3n) is 2.96. The molecule has 6 nitrogen and oxygen atoms in total. The Morgan fingerprint density at radius 2 is 1.54 bits per heavy atom. The number of hydrogen-bond acceptors (Lipinski definition) is 6. The highest BCUT2D eigenvalue weighted by molar-refractivity contribution is 7.85. The highest BCUT2D eigenvalue weighted by Gasteiger charge is 2.03. The van der Waals surface area contributed by atoms with Gasteiger partial charge in [0.05, 0.1) is 26.6 Å². The molecule has 0 unspecified atom stereocenters. The van der Waals surface area contributed by atoms with Crippen LogP contribution in [0.1, 0.15) is 6.42 Å². The molecule has 7 heteroatoms. The van der Waals surface area contributed by atoms with E-state index in [1.54, 1.807) is 19.2 Å². The van der Waals surface area contributed by atoms with Gasteiger partial charge in [-0.15, -0.1) is 0 Å². The van der Waals surface area contributed by atoms with Crippen molar-refractivity contribution in [3.63, 3.8) is 0 Å². The molecule has 0 saturated carbocycles. The minimum absolute atomic E-state index is 0.0981. The highest BCUT2D eigenvalue weighted by Crippen LogP contribution is 2.26. The molecule has 0 fully saturated rings. The van der Waals surface area contributed by atoms with E-state index in [-0.39, 0.29) is 6.61 Å². The summed E-state index contributed by atoms with van der Waals surface area (Å²) in [6, 6.07) is 14.5. The average molecular weight is 352 g/mol. The minimum Gasteiger partial charge on any atom is -0.497 e. The summed E-state index contributed by atoms with van der Waals surface area (Å²) < 4.78 is 42.7. The Bertz CT molecular complexity index is 740. The first-order valence-corrected chi connectivity index (χ1v) is 9.17. The Kier molecular flexibility index (Phi) is 6.45. The molecule has 0 bridgehead atoms. The Morgan fingerprint density at radius 1 is 0.875 bits per heavy atom. The Labute approximate surface area is 142 Å². The molecule has 2 aromatic rings. The summed E-state index contributed by atoms with van der Waals surface area (Å²) in [6.07, 6.45) is 1.49. The van der Waals surface area contributed by atoms with E-state index in [9.17, 15) is 8.42 Å². The molecule has 130 valence electrons. The van der Waals surface area contributed by atoms with E-state index < -0.39 is 10.1 Å². The highest BCUT2D eigenvalue weighted by atomic mass is 32.2. The summed E-state index contributed by atoms with van der Waals surface area (Å²) in [7, 11) is -1.79. The monoisotopic (exact) mass is 352 g/mol. The van der Waals surface area contributed by atoms with Gasteiger partial charge in [-0.25, -0.2) is 0 Å². The number of benzene rings is 2. The van der Waals surface area contributed by atoms with Gasteiger partial charge in [-0.05, 0) is 36.4 Å². The SMILES string of the molecule is COc1ccc(Oc2cccc(OCCCOS(C)(=O)=O)c2)cc1. The van der Waals surface area contributed by atoms with E-state index in [1.807, 2.05) is 36.4 Å². The van der Waals surface area contributed by atoms with Gasteiger partial charge in [0, 0.05) is 12.5 Å². The van der Waals surface area contributed by atoms with Crippen LogP contribution < -0.4 is 14.2 Å². The molecule has 0 heterocycles. The van der Waals surface area contributed by atoms with Crippen LogP contribution >= 0.6 is 0 Å². The lowest BCUT2D eigenvalue weighted by atomic mass is 10.3. The predicted octanol–water partition coefficient (Wildman–Crippen LogP) is 3.23. The van der Waals surface area contributed by atoms with Crippen LogP contribution in [0.4, 0.5) is 0 Å². The number of hydrogen-bond donors (Lipinski definition) is 0. The average Bonchev–Trinajstić information content (AvgIpc) is 2.54. The first-order chi connectivity index (χ1) is 11.5. The van der Waals surface area contributed by atoms with Crippen molar-refractivity contribution >= 4 is 10.1 Å². The second-order valence-corrected chi connectivity index (χ2v) is 6.62. The van der Waals surface area contributed by atoms with Crippen LogP contribution in [0.5, 0.6) is 23.0 Å². The lowest BCUT2D eigenvalue weighted by Crippen LogP contribution is -2.07. The molecular formula is C17H20O6S. The van der Waals surface area contributed by atoms with Gasteiger partial charge in [0.15, 0.2) is 0 Å². The number of rotatable bonds is 9. The molecule has 0 aliphatic rings. The van der Waals surface area contributed by atoms with Crippen LogP contribution in [0.2, 0.25) is 0 Å². The number of ether oxygens (including phenoxy) is 3. The molecule has 0 aliphatic heterocycles. The van der Waals surface area contributed by atoms with E-state index in [0.717, 1.165) is 12.0 Å². The zero-order valence-corrected chi connectivity index (χ0v) is 14.4. The zero-order chi connectivity index (χ0) is 17.4. The Morgan fingerprint density at radius 3 is 2.21 bits per heavy atom. The minimum atomic E-state index is -3.40. The lowest BCUT2D eigenvalue weighted by Gasteiger charge is -2.10. The summed E-state index contributed by atoms with van der Waals surface area (Å²) in [5.74, 6) is 2.73. The molecule has 0 saturated heterocycles. The van der Waals surface area contributed by atoms with Crippen LogP contribution in [0, 0.1) is 0 Å². The van der Waals surface area contributed by atoms with Crippen molar-refractivity contribution in [1.82, 2.24) is 0 Å². The molecule has 0 aliphatic carbocycles. The van der Waals surface area contributed by atoms with Crippen molar-refractivity contribution in [3.05, 3.63) is 48.5 Å². The fourth-order valence-electron chi connectivity index (χ4n) is 1.87. The maximum atomic E-state index is 10.8. The topological polar surface area (TPSA) is 71.1 Å². The third kappa shape index (κ3) is 6.47. The van der Waals surface area contributed by atoms with Crippen molar-refractivity contribution in [3.8, 4) is 23.0 Å². The second kappa shape index (κ2) is 8.56. The molecule has 0 radical (unpaired) electrons. The van der Waals surface area contributed by atoms with Crippen LogP contribution in [-0.2, 0) is 14.3 Å². The van der Waals surface area contributed by atoms with E-state index in [2.05, 4.69) is 4.18 Å². The van der Waals surface area contributed by atoms with E-state index >= 15 is 0 Å².